The summed E-state index contributed by atoms with van der Waals surface area (Å²) in [6, 6.07) is 16.4. The van der Waals surface area contributed by atoms with Crippen molar-refractivity contribution < 1.29 is 13.2 Å². The van der Waals surface area contributed by atoms with E-state index < -0.39 is 10.0 Å². The number of sulfonamides is 1. The molecule has 1 fully saturated rings. The summed E-state index contributed by atoms with van der Waals surface area (Å²) >= 11 is 0. The predicted molar refractivity (Wildman–Crippen MR) is 102 cm³/mol. The molecule has 0 atom stereocenters. The van der Waals surface area contributed by atoms with E-state index in [1.54, 1.807) is 24.3 Å². The number of nitrogens with one attached hydrogen (secondary N) is 1. The third-order valence-corrected chi connectivity index (χ3v) is 6.53. The Labute approximate surface area is 155 Å². The number of carbonyl (C=O) groups excluding carboxylic acids is 1. The molecule has 2 aromatic carbocycles. The van der Waals surface area contributed by atoms with E-state index in [0.29, 0.717) is 31.6 Å². The largest absolute Gasteiger partial charge is 0.325 e. The van der Waals surface area contributed by atoms with Crippen LogP contribution in [0.25, 0.3) is 0 Å². The number of piperidine rings is 1. The number of anilines is 1. The van der Waals surface area contributed by atoms with Crippen LogP contribution >= 0.6 is 0 Å². The standard InChI is InChI=1S/C20H24N2O3S/c23-20(14-13-17-9-3-1-4-10-17)21-18-11-5-6-12-19(18)26(24,25)22-15-7-2-8-16-22/h1,3-6,9-12H,2,7-8,13-16H2,(H,21,23). The summed E-state index contributed by atoms with van der Waals surface area (Å²) in [4.78, 5) is 12.5. The second kappa shape index (κ2) is 8.47. The first kappa shape index (κ1) is 18.6. The Bertz CT molecular complexity index is 844. The number of hydrogen-bond donors (Lipinski definition) is 1. The highest BCUT2D eigenvalue weighted by atomic mass is 32.2. The monoisotopic (exact) mass is 372 g/mol. The summed E-state index contributed by atoms with van der Waals surface area (Å²) in [6.07, 6.45) is 3.75. The minimum absolute atomic E-state index is 0.176. The summed E-state index contributed by atoms with van der Waals surface area (Å²) in [5.41, 5.74) is 1.44. The third-order valence-electron chi connectivity index (χ3n) is 4.58. The Balaban J connectivity index is 1.71. The first-order valence-electron chi connectivity index (χ1n) is 9.00. The van der Waals surface area contributed by atoms with Crippen molar-refractivity contribution in [3.8, 4) is 0 Å². The van der Waals surface area contributed by atoms with Gasteiger partial charge in [-0.3, -0.25) is 4.79 Å². The topological polar surface area (TPSA) is 66.5 Å². The van der Waals surface area contributed by atoms with E-state index in [0.717, 1.165) is 24.8 Å². The van der Waals surface area contributed by atoms with Gasteiger partial charge in [0.15, 0.2) is 0 Å². The molecule has 6 heteroatoms. The van der Waals surface area contributed by atoms with Crippen LogP contribution in [0.2, 0.25) is 0 Å². The Morgan fingerprint density at radius 2 is 1.58 bits per heavy atom. The number of benzene rings is 2. The smallest absolute Gasteiger partial charge is 0.245 e. The molecule has 0 aliphatic carbocycles. The van der Waals surface area contributed by atoms with Gasteiger partial charge in [0, 0.05) is 19.5 Å². The van der Waals surface area contributed by atoms with Crippen LogP contribution in [-0.2, 0) is 21.2 Å². The maximum atomic E-state index is 12.9. The van der Waals surface area contributed by atoms with Crippen molar-refractivity contribution in [1.82, 2.24) is 4.31 Å². The number of para-hydroxylation sites is 1. The first-order valence-corrected chi connectivity index (χ1v) is 10.4. The van der Waals surface area contributed by atoms with Crippen molar-refractivity contribution in [1.29, 1.82) is 0 Å². The summed E-state index contributed by atoms with van der Waals surface area (Å²) in [5, 5.41) is 2.78. The van der Waals surface area contributed by atoms with Crippen molar-refractivity contribution in [2.24, 2.45) is 0 Å². The Hall–Kier alpha value is -2.18. The van der Waals surface area contributed by atoms with Crippen LogP contribution in [0.4, 0.5) is 5.69 Å². The summed E-state index contributed by atoms with van der Waals surface area (Å²) in [6.45, 7) is 1.08. The first-order chi connectivity index (χ1) is 12.6. The Morgan fingerprint density at radius 3 is 2.31 bits per heavy atom. The van der Waals surface area contributed by atoms with E-state index in [-0.39, 0.29) is 10.8 Å². The van der Waals surface area contributed by atoms with Crippen LogP contribution in [0.5, 0.6) is 0 Å². The van der Waals surface area contributed by atoms with Crippen LogP contribution in [0.1, 0.15) is 31.2 Å². The fourth-order valence-corrected chi connectivity index (χ4v) is 4.82. The van der Waals surface area contributed by atoms with Gasteiger partial charge in [0.1, 0.15) is 4.90 Å². The molecule has 138 valence electrons. The highest BCUT2D eigenvalue weighted by Crippen LogP contribution is 2.27. The van der Waals surface area contributed by atoms with Gasteiger partial charge in [-0.2, -0.15) is 4.31 Å². The molecule has 0 aromatic heterocycles. The number of hydrogen-bond acceptors (Lipinski definition) is 3. The third kappa shape index (κ3) is 4.51. The molecular weight excluding hydrogens is 348 g/mol. The molecule has 0 bridgehead atoms. The fourth-order valence-electron chi connectivity index (χ4n) is 3.15. The highest BCUT2D eigenvalue weighted by molar-refractivity contribution is 7.89. The molecule has 1 saturated heterocycles. The number of carbonyl (C=O) groups is 1. The number of amides is 1. The van der Waals surface area contributed by atoms with Crippen LogP contribution in [0, 0.1) is 0 Å². The van der Waals surface area contributed by atoms with Crippen molar-refractivity contribution in [2.75, 3.05) is 18.4 Å². The van der Waals surface area contributed by atoms with Crippen LogP contribution in [-0.4, -0.2) is 31.7 Å². The average Bonchev–Trinajstić information content (AvgIpc) is 2.68. The van der Waals surface area contributed by atoms with E-state index in [1.165, 1.54) is 4.31 Å². The van der Waals surface area contributed by atoms with Gasteiger partial charge in [-0.15, -0.1) is 0 Å². The zero-order valence-corrected chi connectivity index (χ0v) is 15.5. The van der Waals surface area contributed by atoms with Crippen molar-refractivity contribution in [3.63, 3.8) is 0 Å². The van der Waals surface area contributed by atoms with E-state index >= 15 is 0 Å². The van der Waals surface area contributed by atoms with Crippen LogP contribution < -0.4 is 5.32 Å². The molecule has 0 radical (unpaired) electrons. The average molecular weight is 372 g/mol. The maximum absolute atomic E-state index is 12.9. The fraction of sp³-hybridized carbons (Fsp3) is 0.350. The molecule has 0 spiro atoms. The van der Waals surface area contributed by atoms with E-state index in [2.05, 4.69) is 5.32 Å². The molecule has 0 unspecified atom stereocenters. The lowest BCUT2D eigenvalue weighted by Crippen LogP contribution is -2.36. The molecule has 1 heterocycles. The van der Waals surface area contributed by atoms with Gasteiger partial charge in [0.2, 0.25) is 15.9 Å². The van der Waals surface area contributed by atoms with Crippen molar-refractivity contribution in [3.05, 3.63) is 60.2 Å². The quantitative estimate of drug-likeness (QED) is 0.845. The zero-order chi connectivity index (χ0) is 18.4. The molecule has 26 heavy (non-hydrogen) atoms. The lowest BCUT2D eigenvalue weighted by atomic mass is 10.1. The predicted octanol–water partition coefficient (Wildman–Crippen LogP) is 3.43. The SMILES string of the molecule is O=C(CCc1ccccc1)Nc1ccccc1S(=O)(=O)N1CCCCC1. The van der Waals surface area contributed by atoms with Gasteiger partial charge in [-0.1, -0.05) is 48.9 Å². The van der Waals surface area contributed by atoms with E-state index in [9.17, 15) is 13.2 Å². The molecule has 3 rings (SSSR count). The lowest BCUT2D eigenvalue weighted by Gasteiger charge is -2.26. The van der Waals surface area contributed by atoms with Gasteiger partial charge in [-0.25, -0.2) is 8.42 Å². The number of aryl methyl sites for hydroxylation is 1. The summed E-state index contributed by atoms with van der Waals surface area (Å²) < 4.78 is 27.4. The molecule has 1 amide bonds. The Morgan fingerprint density at radius 1 is 0.923 bits per heavy atom. The summed E-state index contributed by atoms with van der Waals surface area (Å²) in [7, 11) is -3.59. The van der Waals surface area contributed by atoms with Crippen molar-refractivity contribution in [2.45, 2.75) is 37.0 Å². The highest BCUT2D eigenvalue weighted by Gasteiger charge is 2.28. The van der Waals surface area contributed by atoms with Crippen molar-refractivity contribution >= 4 is 21.6 Å². The zero-order valence-electron chi connectivity index (χ0n) is 14.7. The molecular formula is C20H24N2O3S. The lowest BCUT2D eigenvalue weighted by molar-refractivity contribution is -0.116. The maximum Gasteiger partial charge on any atom is 0.245 e. The van der Waals surface area contributed by atoms with Gasteiger partial charge in [0.25, 0.3) is 0 Å². The second-order valence-corrected chi connectivity index (χ2v) is 8.40. The van der Waals surface area contributed by atoms with Gasteiger partial charge >= 0.3 is 0 Å². The van der Waals surface area contributed by atoms with E-state index in [1.807, 2.05) is 30.3 Å². The second-order valence-electron chi connectivity index (χ2n) is 6.49. The van der Waals surface area contributed by atoms with Gasteiger partial charge in [0.05, 0.1) is 5.69 Å². The number of nitrogens with zero attached hydrogens (tertiary/aromatic N) is 1. The molecule has 1 aliphatic heterocycles. The molecule has 2 aromatic rings. The summed E-state index contributed by atoms with van der Waals surface area (Å²) in [5.74, 6) is -0.185. The van der Waals surface area contributed by atoms with Crippen LogP contribution in [0.3, 0.4) is 0 Å². The molecule has 1 aliphatic rings. The van der Waals surface area contributed by atoms with E-state index in [4.69, 9.17) is 0 Å². The molecule has 0 saturated carbocycles. The van der Waals surface area contributed by atoms with Gasteiger partial charge < -0.3 is 5.32 Å². The minimum atomic E-state index is -3.59. The molecule has 1 N–H and O–H groups in total. The van der Waals surface area contributed by atoms with Gasteiger partial charge in [-0.05, 0) is 37.0 Å². The minimum Gasteiger partial charge on any atom is -0.325 e. The van der Waals surface area contributed by atoms with Crippen LogP contribution in [0.15, 0.2) is 59.5 Å². The molecule has 5 nitrogen and oxygen atoms in total. The normalized spacial score (nSPS) is 15.5. The number of rotatable bonds is 6. The Kier molecular flexibility index (Phi) is 6.06.